The van der Waals surface area contributed by atoms with Crippen LogP contribution in [0.25, 0.3) is 0 Å². The molecule has 1 aromatic rings. The number of benzene rings is 1. The summed E-state index contributed by atoms with van der Waals surface area (Å²) in [6.45, 7) is 8.47. The number of nitrogens with one attached hydrogen (secondary N) is 2. The number of morpholine rings is 1. The third kappa shape index (κ3) is 7.17. The Morgan fingerprint density at radius 2 is 1.65 bits per heavy atom. The Balaban J connectivity index is 1.51. The van der Waals surface area contributed by atoms with Gasteiger partial charge in [-0.05, 0) is 24.7 Å². The molecule has 0 saturated carbocycles. The van der Waals surface area contributed by atoms with Crippen molar-refractivity contribution in [2.24, 2.45) is 0 Å². The summed E-state index contributed by atoms with van der Waals surface area (Å²) in [6, 6.07) is 7.91. The zero-order chi connectivity index (χ0) is 22.1. The van der Waals surface area contributed by atoms with E-state index in [-0.39, 0.29) is 6.04 Å². The van der Waals surface area contributed by atoms with Crippen LogP contribution in [0.1, 0.15) is 11.6 Å². The molecule has 0 aromatic heterocycles. The van der Waals surface area contributed by atoms with Crippen LogP contribution >= 0.6 is 0 Å². The third-order valence-electron chi connectivity index (χ3n) is 5.96. The number of likely N-dealkylation sites (N-methyl/N-ethyl adjacent to an activating group) is 1. The topological polar surface area (TPSA) is 86.4 Å². The number of carbonyl (C=O) groups is 2. The second-order valence-electron chi connectivity index (χ2n) is 8.05. The molecule has 1 aromatic carbocycles. The zero-order valence-corrected chi connectivity index (χ0v) is 18.6. The van der Waals surface area contributed by atoms with Crippen molar-refractivity contribution < 1.29 is 19.1 Å². The lowest BCUT2D eigenvalue weighted by atomic mass is 10.0. The SMILES string of the molecule is COc1ccc([C@@H](CNC(=O)C(=O)NCCN2CCOCC2)N2CCN(C)CC2)cc1. The highest BCUT2D eigenvalue weighted by atomic mass is 16.5. The summed E-state index contributed by atoms with van der Waals surface area (Å²) in [5, 5.41) is 5.56. The molecule has 2 heterocycles. The number of ether oxygens (including phenoxy) is 2. The second kappa shape index (κ2) is 12.0. The Morgan fingerprint density at radius 1 is 1.00 bits per heavy atom. The molecule has 3 rings (SSSR count). The first-order chi connectivity index (χ1) is 15.1. The lowest BCUT2D eigenvalue weighted by Crippen LogP contribution is -2.50. The second-order valence-corrected chi connectivity index (χ2v) is 8.05. The van der Waals surface area contributed by atoms with E-state index in [1.807, 2.05) is 24.3 Å². The van der Waals surface area contributed by atoms with Gasteiger partial charge in [-0.15, -0.1) is 0 Å². The minimum absolute atomic E-state index is 0.00436. The van der Waals surface area contributed by atoms with Gasteiger partial charge in [0.05, 0.1) is 26.4 Å². The van der Waals surface area contributed by atoms with Gasteiger partial charge in [-0.2, -0.15) is 0 Å². The van der Waals surface area contributed by atoms with Crippen LogP contribution < -0.4 is 15.4 Å². The molecular weight excluding hydrogens is 398 g/mol. The fourth-order valence-corrected chi connectivity index (χ4v) is 3.92. The Kier molecular flexibility index (Phi) is 9.08. The average Bonchev–Trinajstić information content (AvgIpc) is 2.81. The van der Waals surface area contributed by atoms with Crippen LogP contribution in [0, 0.1) is 0 Å². The molecule has 9 nitrogen and oxygen atoms in total. The maximum Gasteiger partial charge on any atom is 0.309 e. The highest BCUT2D eigenvalue weighted by Gasteiger charge is 2.25. The lowest BCUT2D eigenvalue weighted by molar-refractivity contribution is -0.139. The number of hydrogen-bond acceptors (Lipinski definition) is 7. The molecule has 2 amide bonds. The number of rotatable bonds is 8. The molecule has 0 unspecified atom stereocenters. The molecule has 0 aliphatic carbocycles. The molecule has 0 bridgehead atoms. The maximum absolute atomic E-state index is 12.4. The molecule has 172 valence electrons. The highest BCUT2D eigenvalue weighted by molar-refractivity contribution is 6.35. The summed E-state index contributed by atoms with van der Waals surface area (Å²) in [4.78, 5) is 31.5. The molecule has 2 aliphatic rings. The highest BCUT2D eigenvalue weighted by Crippen LogP contribution is 2.23. The van der Waals surface area contributed by atoms with E-state index >= 15 is 0 Å². The van der Waals surface area contributed by atoms with Gasteiger partial charge in [-0.1, -0.05) is 12.1 Å². The molecule has 2 saturated heterocycles. The largest absolute Gasteiger partial charge is 0.497 e. The van der Waals surface area contributed by atoms with Crippen LogP contribution in [-0.2, 0) is 14.3 Å². The van der Waals surface area contributed by atoms with Crippen molar-refractivity contribution in [2.45, 2.75) is 6.04 Å². The molecular formula is C22H35N5O4. The van der Waals surface area contributed by atoms with E-state index in [0.29, 0.717) is 26.3 Å². The molecule has 9 heteroatoms. The van der Waals surface area contributed by atoms with Crippen LogP contribution in [0.5, 0.6) is 5.75 Å². The van der Waals surface area contributed by atoms with Gasteiger partial charge in [0.2, 0.25) is 0 Å². The molecule has 1 atom stereocenters. The first kappa shape index (κ1) is 23.5. The summed E-state index contributed by atoms with van der Waals surface area (Å²) >= 11 is 0. The van der Waals surface area contributed by atoms with E-state index in [0.717, 1.165) is 57.1 Å². The Bertz CT molecular complexity index is 700. The molecule has 2 N–H and O–H groups in total. The Morgan fingerprint density at radius 3 is 2.29 bits per heavy atom. The number of nitrogens with zero attached hydrogens (tertiary/aromatic N) is 3. The van der Waals surface area contributed by atoms with Crippen LogP contribution in [0.2, 0.25) is 0 Å². The molecule has 0 radical (unpaired) electrons. The van der Waals surface area contributed by atoms with Gasteiger partial charge >= 0.3 is 11.8 Å². The van der Waals surface area contributed by atoms with Gasteiger partial charge in [0.15, 0.2) is 0 Å². The Labute approximate surface area is 184 Å². The van der Waals surface area contributed by atoms with Crippen molar-refractivity contribution in [3.05, 3.63) is 29.8 Å². The van der Waals surface area contributed by atoms with Crippen LogP contribution in [0.15, 0.2) is 24.3 Å². The summed E-state index contributed by atoms with van der Waals surface area (Å²) in [5.74, 6) is -0.376. The maximum atomic E-state index is 12.4. The zero-order valence-electron chi connectivity index (χ0n) is 18.6. The van der Waals surface area contributed by atoms with E-state index < -0.39 is 11.8 Å². The molecule has 2 fully saturated rings. The van der Waals surface area contributed by atoms with E-state index in [1.165, 1.54) is 0 Å². The predicted octanol–water partition coefficient (Wildman–Crippen LogP) is -0.452. The smallest absolute Gasteiger partial charge is 0.309 e. The van der Waals surface area contributed by atoms with Crippen molar-refractivity contribution in [1.29, 1.82) is 0 Å². The number of piperazine rings is 1. The monoisotopic (exact) mass is 433 g/mol. The number of carbonyl (C=O) groups excluding carboxylic acids is 2. The van der Waals surface area contributed by atoms with Crippen molar-refractivity contribution >= 4 is 11.8 Å². The standard InChI is InChI=1S/C22H35N5O4/c1-25-9-11-27(12-10-25)20(18-3-5-19(30-2)6-4-18)17-24-22(29)21(28)23-7-8-26-13-15-31-16-14-26/h3-6,20H,7-17H2,1-2H3,(H,23,28)(H,24,29)/t20-/m1/s1. The lowest BCUT2D eigenvalue weighted by Gasteiger charge is -2.38. The minimum Gasteiger partial charge on any atom is -0.497 e. The number of amides is 2. The van der Waals surface area contributed by atoms with Crippen molar-refractivity contribution in [3.8, 4) is 5.75 Å². The third-order valence-corrected chi connectivity index (χ3v) is 5.96. The van der Waals surface area contributed by atoms with Crippen molar-refractivity contribution in [3.63, 3.8) is 0 Å². The van der Waals surface area contributed by atoms with Gasteiger partial charge in [0.1, 0.15) is 5.75 Å². The molecule has 0 spiro atoms. The molecule has 2 aliphatic heterocycles. The average molecular weight is 434 g/mol. The van der Waals surface area contributed by atoms with E-state index in [9.17, 15) is 9.59 Å². The van der Waals surface area contributed by atoms with Gasteiger partial charge in [-0.25, -0.2) is 0 Å². The predicted molar refractivity (Wildman–Crippen MR) is 118 cm³/mol. The summed E-state index contributed by atoms with van der Waals surface area (Å²) < 4.78 is 10.6. The first-order valence-corrected chi connectivity index (χ1v) is 11.0. The quantitative estimate of drug-likeness (QED) is 0.537. The Hall–Kier alpha value is -2.20. The van der Waals surface area contributed by atoms with E-state index in [1.54, 1.807) is 7.11 Å². The van der Waals surface area contributed by atoms with Gasteiger partial charge < -0.3 is 25.0 Å². The van der Waals surface area contributed by atoms with Crippen LogP contribution in [0.3, 0.4) is 0 Å². The first-order valence-electron chi connectivity index (χ1n) is 11.0. The van der Waals surface area contributed by atoms with Crippen LogP contribution in [0.4, 0.5) is 0 Å². The van der Waals surface area contributed by atoms with Gasteiger partial charge in [0.25, 0.3) is 0 Å². The minimum atomic E-state index is -0.588. The van der Waals surface area contributed by atoms with Gasteiger partial charge in [-0.3, -0.25) is 19.4 Å². The molecule has 31 heavy (non-hydrogen) atoms. The fourth-order valence-electron chi connectivity index (χ4n) is 3.92. The van der Waals surface area contributed by atoms with E-state index in [4.69, 9.17) is 9.47 Å². The van der Waals surface area contributed by atoms with Crippen molar-refractivity contribution in [2.75, 3.05) is 86.3 Å². The van der Waals surface area contributed by atoms with E-state index in [2.05, 4.69) is 32.4 Å². The summed E-state index contributed by atoms with van der Waals surface area (Å²) in [7, 11) is 3.76. The number of hydrogen-bond donors (Lipinski definition) is 2. The van der Waals surface area contributed by atoms with Gasteiger partial charge in [0, 0.05) is 58.9 Å². The summed E-state index contributed by atoms with van der Waals surface area (Å²) in [6.07, 6.45) is 0. The number of methoxy groups -OCH3 is 1. The van der Waals surface area contributed by atoms with Crippen LogP contribution in [-0.4, -0.2) is 113 Å². The fraction of sp³-hybridized carbons (Fsp3) is 0.636. The van der Waals surface area contributed by atoms with Crippen molar-refractivity contribution in [1.82, 2.24) is 25.3 Å². The normalized spacial score (nSPS) is 19.5. The summed E-state index contributed by atoms with van der Waals surface area (Å²) in [5.41, 5.74) is 1.10.